The smallest absolute Gasteiger partial charge is 0.177 e. The van der Waals surface area contributed by atoms with Gasteiger partial charge in [0.1, 0.15) is 0 Å². The van der Waals surface area contributed by atoms with E-state index in [2.05, 4.69) is 12.2 Å². The minimum Gasteiger partial charge on any atom is -0.426 e. The first-order chi connectivity index (χ1) is 5.35. The van der Waals surface area contributed by atoms with Gasteiger partial charge in [0, 0.05) is 25.9 Å². The van der Waals surface area contributed by atoms with Crippen molar-refractivity contribution in [3.05, 3.63) is 0 Å². The molecule has 0 aromatic carbocycles. The van der Waals surface area contributed by atoms with Gasteiger partial charge in [0.05, 0.1) is 0 Å². The van der Waals surface area contributed by atoms with E-state index >= 15 is 0 Å². The molecular weight excluding hydrogens is 156 g/mol. The largest absolute Gasteiger partial charge is 0.426 e. The molecule has 0 heterocycles. The molecule has 0 amide bonds. The standard InChI is InChI=1S/C7H20N2OSi/c1-3-4-7(11-10-2)9-6-5-8/h7,9H,3-6,8,11H2,1-2H3. The van der Waals surface area contributed by atoms with Crippen LogP contribution in [0.2, 0.25) is 0 Å². The summed E-state index contributed by atoms with van der Waals surface area (Å²) in [6.07, 6.45) is 2.44. The molecule has 3 nitrogen and oxygen atoms in total. The van der Waals surface area contributed by atoms with Gasteiger partial charge in [0.15, 0.2) is 9.76 Å². The quantitative estimate of drug-likeness (QED) is 0.509. The van der Waals surface area contributed by atoms with Crippen LogP contribution in [0.4, 0.5) is 0 Å². The van der Waals surface area contributed by atoms with Crippen molar-refractivity contribution in [2.75, 3.05) is 20.2 Å². The molecule has 1 unspecified atom stereocenters. The van der Waals surface area contributed by atoms with E-state index in [0.717, 1.165) is 13.1 Å². The summed E-state index contributed by atoms with van der Waals surface area (Å²) in [7, 11) is 1.43. The molecule has 0 aromatic heterocycles. The molecule has 0 spiro atoms. The Hall–Kier alpha value is 0.0969. The number of hydrogen-bond donors (Lipinski definition) is 2. The van der Waals surface area contributed by atoms with Crippen molar-refractivity contribution in [1.82, 2.24) is 5.32 Å². The second-order valence-electron chi connectivity index (χ2n) is 2.68. The SMILES string of the molecule is CCCC(NCCN)[SiH2]OC. The maximum absolute atomic E-state index is 5.38. The first-order valence-electron chi connectivity index (χ1n) is 4.27. The van der Waals surface area contributed by atoms with Crippen molar-refractivity contribution in [3.8, 4) is 0 Å². The van der Waals surface area contributed by atoms with Crippen LogP contribution in [0.1, 0.15) is 19.8 Å². The molecule has 0 bridgehead atoms. The van der Waals surface area contributed by atoms with E-state index < -0.39 is 0 Å². The van der Waals surface area contributed by atoms with Crippen molar-refractivity contribution in [2.24, 2.45) is 5.73 Å². The summed E-state index contributed by atoms with van der Waals surface area (Å²) in [5.74, 6) is 0. The molecule has 4 heteroatoms. The fourth-order valence-electron chi connectivity index (χ4n) is 1.08. The molecule has 1 atom stereocenters. The minimum absolute atomic E-state index is 0.362. The van der Waals surface area contributed by atoms with Crippen LogP contribution in [-0.4, -0.2) is 35.6 Å². The molecule has 0 radical (unpaired) electrons. The minimum atomic E-state index is -0.362. The molecule has 0 saturated carbocycles. The Balaban J connectivity index is 3.34. The van der Waals surface area contributed by atoms with Crippen LogP contribution >= 0.6 is 0 Å². The Bertz CT molecular complexity index is 76.8. The van der Waals surface area contributed by atoms with Gasteiger partial charge >= 0.3 is 0 Å². The molecule has 68 valence electrons. The molecule has 11 heavy (non-hydrogen) atoms. The topological polar surface area (TPSA) is 47.3 Å². The number of hydrogen-bond acceptors (Lipinski definition) is 3. The van der Waals surface area contributed by atoms with Gasteiger partial charge in [-0.05, 0) is 6.42 Å². The fraction of sp³-hybridized carbons (Fsp3) is 1.00. The zero-order valence-electron chi connectivity index (χ0n) is 7.60. The zero-order valence-corrected chi connectivity index (χ0v) is 9.01. The van der Waals surface area contributed by atoms with E-state index in [-0.39, 0.29) is 9.76 Å². The average Bonchev–Trinajstić information content (AvgIpc) is 2.01. The van der Waals surface area contributed by atoms with Crippen LogP contribution in [0, 0.1) is 0 Å². The molecular formula is C7H20N2OSi. The van der Waals surface area contributed by atoms with Crippen LogP contribution in [0.25, 0.3) is 0 Å². The second kappa shape index (κ2) is 8.20. The summed E-state index contributed by atoms with van der Waals surface area (Å²) < 4.78 is 5.19. The lowest BCUT2D eigenvalue weighted by Gasteiger charge is -2.15. The lowest BCUT2D eigenvalue weighted by molar-refractivity contribution is 0.414. The van der Waals surface area contributed by atoms with E-state index in [1.807, 2.05) is 0 Å². The highest BCUT2D eigenvalue weighted by molar-refractivity contribution is 6.29. The molecule has 0 fully saturated rings. The van der Waals surface area contributed by atoms with E-state index in [4.69, 9.17) is 10.2 Å². The van der Waals surface area contributed by atoms with E-state index in [1.165, 1.54) is 12.8 Å². The van der Waals surface area contributed by atoms with Gasteiger partial charge in [0.25, 0.3) is 0 Å². The van der Waals surface area contributed by atoms with Gasteiger partial charge in [-0.1, -0.05) is 13.3 Å². The lowest BCUT2D eigenvalue weighted by atomic mass is 10.3. The summed E-state index contributed by atoms with van der Waals surface area (Å²) in [4.78, 5) is 0. The highest BCUT2D eigenvalue weighted by Crippen LogP contribution is 1.93. The van der Waals surface area contributed by atoms with Gasteiger partial charge in [-0.15, -0.1) is 0 Å². The summed E-state index contributed by atoms with van der Waals surface area (Å²) in [5.41, 5.74) is 6.00. The van der Waals surface area contributed by atoms with Crippen LogP contribution in [0.3, 0.4) is 0 Å². The molecule has 0 aliphatic rings. The second-order valence-corrected chi connectivity index (χ2v) is 4.58. The molecule has 0 aliphatic carbocycles. The third-order valence-electron chi connectivity index (χ3n) is 1.58. The third kappa shape index (κ3) is 6.49. The first kappa shape index (κ1) is 11.1. The number of rotatable bonds is 7. The van der Waals surface area contributed by atoms with Crippen molar-refractivity contribution >= 4 is 9.76 Å². The fourth-order valence-corrected chi connectivity index (χ4v) is 2.38. The summed E-state index contributed by atoms with van der Waals surface area (Å²) in [6.45, 7) is 3.83. The lowest BCUT2D eigenvalue weighted by Crippen LogP contribution is -2.38. The van der Waals surface area contributed by atoms with Crippen molar-refractivity contribution < 1.29 is 4.43 Å². The third-order valence-corrected chi connectivity index (χ3v) is 3.01. The van der Waals surface area contributed by atoms with Crippen molar-refractivity contribution in [3.63, 3.8) is 0 Å². The molecule has 0 aliphatic heterocycles. The van der Waals surface area contributed by atoms with Crippen LogP contribution in [0.5, 0.6) is 0 Å². The van der Waals surface area contributed by atoms with Gasteiger partial charge in [-0.2, -0.15) is 0 Å². The normalized spacial score (nSPS) is 14.5. The molecule has 0 saturated heterocycles. The Morgan fingerprint density at radius 3 is 2.82 bits per heavy atom. The van der Waals surface area contributed by atoms with Crippen LogP contribution in [0.15, 0.2) is 0 Å². The van der Waals surface area contributed by atoms with E-state index in [0.29, 0.717) is 5.67 Å². The van der Waals surface area contributed by atoms with Gasteiger partial charge < -0.3 is 15.5 Å². The Labute approximate surface area is 71.6 Å². The van der Waals surface area contributed by atoms with Gasteiger partial charge in [-0.3, -0.25) is 0 Å². The first-order valence-corrected chi connectivity index (χ1v) is 5.66. The summed E-state index contributed by atoms with van der Waals surface area (Å²) in [5, 5.41) is 3.38. The molecule has 0 rings (SSSR count). The number of nitrogens with one attached hydrogen (secondary N) is 1. The highest BCUT2D eigenvalue weighted by atomic mass is 28.2. The average molecular weight is 176 g/mol. The predicted molar refractivity (Wildman–Crippen MR) is 51.3 cm³/mol. The van der Waals surface area contributed by atoms with Gasteiger partial charge in [0.2, 0.25) is 0 Å². The van der Waals surface area contributed by atoms with Crippen LogP contribution in [-0.2, 0) is 4.43 Å². The highest BCUT2D eigenvalue weighted by Gasteiger charge is 2.05. The summed E-state index contributed by atoms with van der Waals surface area (Å²) >= 11 is 0. The summed E-state index contributed by atoms with van der Waals surface area (Å²) in [6, 6.07) is 0. The predicted octanol–water partition coefficient (Wildman–Crippen LogP) is -0.609. The maximum Gasteiger partial charge on any atom is 0.177 e. The zero-order chi connectivity index (χ0) is 8.53. The number of nitrogens with two attached hydrogens (primary N) is 1. The van der Waals surface area contributed by atoms with Crippen molar-refractivity contribution in [2.45, 2.75) is 25.4 Å². The Kier molecular flexibility index (Phi) is 8.27. The van der Waals surface area contributed by atoms with Gasteiger partial charge in [-0.25, -0.2) is 0 Å². The molecule has 0 aromatic rings. The van der Waals surface area contributed by atoms with Crippen LogP contribution < -0.4 is 11.1 Å². The van der Waals surface area contributed by atoms with E-state index in [1.54, 1.807) is 7.11 Å². The van der Waals surface area contributed by atoms with E-state index in [9.17, 15) is 0 Å². The molecule has 3 N–H and O–H groups in total. The van der Waals surface area contributed by atoms with Crippen molar-refractivity contribution in [1.29, 1.82) is 0 Å². The maximum atomic E-state index is 5.38. The Morgan fingerprint density at radius 1 is 1.64 bits per heavy atom. The Morgan fingerprint density at radius 2 is 2.36 bits per heavy atom. The monoisotopic (exact) mass is 176 g/mol.